The van der Waals surface area contributed by atoms with E-state index in [0.717, 1.165) is 0 Å². The highest BCUT2D eigenvalue weighted by molar-refractivity contribution is 6.40. The van der Waals surface area contributed by atoms with Gasteiger partial charge in [0.2, 0.25) is 5.91 Å². The Morgan fingerprint density at radius 2 is 2.10 bits per heavy atom. The maximum atomic E-state index is 10.6. The van der Waals surface area contributed by atoms with Gasteiger partial charge in [0, 0.05) is 18.5 Å². The van der Waals surface area contributed by atoms with E-state index >= 15 is 0 Å². The van der Waals surface area contributed by atoms with Gasteiger partial charge in [-0.05, 0) is 6.08 Å². The van der Waals surface area contributed by atoms with Crippen molar-refractivity contribution in [3.63, 3.8) is 0 Å². The molecule has 1 fully saturated rings. The summed E-state index contributed by atoms with van der Waals surface area (Å²) in [7, 11) is 1.57. The first-order chi connectivity index (χ1) is 9.15. The summed E-state index contributed by atoms with van der Waals surface area (Å²) >= 11 is 11.3. The number of nitrogens with two attached hydrogens (primary N) is 1. The lowest BCUT2D eigenvalue weighted by Gasteiger charge is -2.23. The van der Waals surface area contributed by atoms with Crippen molar-refractivity contribution >= 4 is 41.1 Å². The number of hydrogen-bond donors (Lipinski definition) is 3. The first kappa shape index (κ1) is 16.5. The number of carbonyl (C=O) groups is 3. The molecule has 0 aromatic heterocycles. The number of hydrogen-bond acceptors (Lipinski definition) is 4. The first-order valence-electron chi connectivity index (χ1n) is 5.46. The van der Waals surface area contributed by atoms with Crippen LogP contribution in [0.15, 0.2) is 22.2 Å². The normalized spacial score (nSPS) is 25.3. The van der Waals surface area contributed by atoms with Crippen LogP contribution in [0.25, 0.3) is 0 Å². The molecule has 0 aromatic rings. The lowest BCUT2D eigenvalue weighted by atomic mass is 9.92. The molecule has 1 atom stereocenters. The number of urea groups is 1. The molecule has 1 saturated heterocycles. The molecule has 2 rings (SSSR count). The van der Waals surface area contributed by atoms with Crippen LogP contribution in [-0.2, 0) is 9.59 Å². The second-order valence-corrected chi connectivity index (χ2v) is 5.18. The van der Waals surface area contributed by atoms with Crippen molar-refractivity contribution in [2.45, 2.75) is 12.0 Å². The topological polar surface area (TPSA) is 113 Å². The number of halogens is 2. The summed E-state index contributed by atoms with van der Waals surface area (Å²) in [6, 6.07) is -0.310. The standard InChI is InChI=1S/C7H7Cl2NO2.C4H6N2O2/c8-4-1-2-7(10,6(11)12)3-5(4)9;1-6-2-3(7)5-4(6)8/h1-2H,3,10H2,(H,11,12);2H2,1H3,(H,5,7,8). The minimum absolute atomic E-state index is 0.0409. The van der Waals surface area contributed by atoms with Gasteiger partial charge < -0.3 is 15.7 Å². The molecule has 0 aromatic carbocycles. The molecule has 1 heterocycles. The van der Waals surface area contributed by atoms with Crippen molar-refractivity contribution in [2.75, 3.05) is 13.6 Å². The van der Waals surface area contributed by atoms with Crippen LogP contribution in [-0.4, -0.2) is 47.0 Å². The van der Waals surface area contributed by atoms with Crippen molar-refractivity contribution in [3.8, 4) is 0 Å². The Hall–Kier alpha value is -1.57. The van der Waals surface area contributed by atoms with Gasteiger partial charge in [0.15, 0.2) is 0 Å². The summed E-state index contributed by atoms with van der Waals surface area (Å²) in [5.74, 6) is -1.33. The monoisotopic (exact) mass is 321 g/mol. The van der Waals surface area contributed by atoms with Gasteiger partial charge in [0.1, 0.15) is 12.1 Å². The number of likely N-dealkylation sites (N-methyl/N-ethyl adjacent to an activating group) is 1. The molecule has 1 aliphatic carbocycles. The number of carboxylic acids is 1. The maximum Gasteiger partial charge on any atom is 0.328 e. The lowest BCUT2D eigenvalue weighted by Crippen LogP contribution is -2.47. The third-order valence-electron chi connectivity index (χ3n) is 2.61. The molecule has 20 heavy (non-hydrogen) atoms. The van der Waals surface area contributed by atoms with Gasteiger partial charge in [-0.25, -0.2) is 9.59 Å². The van der Waals surface area contributed by atoms with Crippen molar-refractivity contribution in [1.29, 1.82) is 0 Å². The highest BCUT2D eigenvalue weighted by atomic mass is 35.5. The number of carboxylic acid groups (broad SMARTS) is 1. The maximum absolute atomic E-state index is 10.6. The second kappa shape index (κ2) is 6.25. The van der Waals surface area contributed by atoms with Crippen molar-refractivity contribution < 1.29 is 19.5 Å². The Balaban J connectivity index is 0.000000217. The number of aliphatic carboxylic acids is 1. The van der Waals surface area contributed by atoms with E-state index in [1.165, 1.54) is 17.1 Å². The van der Waals surface area contributed by atoms with E-state index in [1.807, 2.05) is 0 Å². The summed E-state index contributed by atoms with van der Waals surface area (Å²) in [4.78, 5) is 32.6. The molecule has 4 N–H and O–H groups in total. The number of nitrogens with zero attached hydrogens (tertiary/aromatic N) is 1. The van der Waals surface area contributed by atoms with Crippen LogP contribution >= 0.6 is 23.2 Å². The third kappa shape index (κ3) is 3.96. The van der Waals surface area contributed by atoms with Crippen molar-refractivity contribution in [2.24, 2.45) is 5.73 Å². The van der Waals surface area contributed by atoms with Gasteiger partial charge in [0.25, 0.3) is 0 Å². The predicted molar refractivity (Wildman–Crippen MR) is 73.2 cm³/mol. The van der Waals surface area contributed by atoms with E-state index in [2.05, 4.69) is 5.32 Å². The molecule has 1 aliphatic heterocycles. The van der Waals surface area contributed by atoms with Crippen LogP contribution in [0.4, 0.5) is 4.79 Å². The fourth-order valence-electron chi connectivity index (χ4n) is 1.40. The van der Waals surface area contributed by atoms with Crippen LogP contribution in [0, 0.1) is 0 Å². The number of imide groups is 1. The van der Waals surface area contributed by atoms with E-state index in [4.69, 9.17) is 34.0 Å². The molecule has 2 aliphatic rings. The highest BCUT2D eigenvalue weighted by Crippen LogP contribution is 2.29. The van der Waals surface area contributed by atoms with Crippen LogP contribution < -0.4 is 11.1 Å². The first-order valence-corrected chi connectivity index (χ1v) is 6.22. The zero-order valence-corrected chi connectivity index (χ0v) is 12.0. The average Bonchev–Trinajstić information content (AvgIpc) is 2.62. The number of carbonyl (C=O) groups excluding carboxylic acids is 2. The van der Waals surface area contributed by atoms with Gasteiger partial charge >= 0.3 is 12.0 Å². The molecular weight excluding hydrogens is 309 g/mol. The molecule has 0 spiro atoms. The van der Waals surface area contributed by atoms with Crippen LogP contribution in [0.3, 0.4) is 0 Å². The second-order valence-electron chi connectivity index (χ2n) is 4.32. The molecular formula is C11H13Cl2N3O4. The molecule has 1 unspecified atom stereocenters. The Morgan fingerprint density at radius 1 is 1.50 bits per heavy atom. The summed E-state index contributed by atoms with van der Waals surface area (Å²) in [5.41, 5.74) is 4.08. The van der Waals surface area contributed by atoms with E-state index < -0.39 is 11.5 Å². The molecule has 0 radical (unpaired) electrons. The Bertz CT molecular complexity index is 518. The molecule has 0 bridgehead atoms. The van der Waals surface area contributed by atoms with E-state index in [9.17, 15) is 14.4 Å². The summed E-state index contributed by atoms with van der Waals surface area (Å²) in [6.07, 6.45) is 2.78. The Labute approximate surface area is 125 Å². The Kier molecular flexibility index (Phi) is 5.15. The minimum atomic E-state index is -1.41. The van der Waals surface area contributed by atoms with Crippen molar-refractivity contribution in [3.05, 3.63) is 22.2 Å². The smallest absolute Gasteiger partial charge is 0.328 e. The lowest BCUT2D eigenvalue weighted by molar-refractivity contribution is -0.141. The number of amides is 3. The SMILES string of the molecule is CN1CC(=O)NC1=O.NC1(C(=O)O)C=CC(Cl)=C(Cl)C1. The van der Waals surface area contributed by atoms with Crippen LogP contribution in [0.1, 0.15) is 6.42 Å². The fraction of sp³-hybridized carbons (Fsp3) is 0.364. The predicted octanol–water partition coefficient (Wildman–Crippen LogP) is 0.586. The van der Waals surface area contributed by atoms with Gasteiger partial charge in [-0.15, -0.1) is 0 Å². The van der Waals surface area contributed by atoms with E-state index in [1.54, 1.807) is 7.05 Å². The molecule has 110 valence electrons. The van der Waals surface area contributed by atoms with E-state index in [0.29, 0.717) is 5.03 Å². The van der Waals surface area contributed by atoms with Gasteiger partial charge in [-0.2, -0.15) is 0 Å². The van der Waals surface area contributed by atoms with Crippen LogP contribution in [0.5, 0.6) is 0 Å². The summed E-state index contributed by atoms with van der Waals surface area (Å²) in [6.45, 7) is 0.193. The summed E-state index contributed by atoms with van der Waals surface area (Å²) < 4.78 is 0. The largest absolute Gasteiger partial charge is 0.480 e. The quantitative estimate of drug-likeness (QED) is 0.612. The molecule has 7 nitrogen and oxygen atoms in total. The molecule has 9 heteroatoms. The van der Waals surface area contributed by atoms with E-state index in [-0.39, 0.29) is 29.9 Å². The minimum Gasteiger partial charge on any atom is -0.480 e. The fourth-order valence-corrected chi connectivity index (χ4v) is 1.81. The molecule has 0 saturated carbocycles. The number of nitrogens with one attached hydrogen (secondary N) is 1. The summed E-state index contributed by atoms with van der Waals surface area (Å²) in [5, 5.41) is 11.4. The number of allylic oxidation sites excluding steroid dienone is 2. The third-order valence-corrected chi connectivity index (χ3v) is 3.39. The van der Waals surface area contributed by atoms with Gasteiger partial charge in [-0.3, -0.25) is 10.1 Å². The molecule has 3 amide bonds. The zero-order chi connectivity index (χ0) is 15.5. The average molecular weight is 322 g/mol. The van der Waals surface area contributed by atoms with Crippen molar-refractivity contribution in [1.82, 2.24) is 10.2 Å². The Morgan fingerprint density at radius 3 is 2.40 bits per heavy atom. The highest BCUT2D eigenvalue weighted by Gasteiger charge is 2.34. The van der Waals surface area contributed by atoms with Gasteiger partial charge in [-0.1, -0.05) is 29.3 Å². The zero-order valence-electron chi connectivity index (χ0n) is 10.5. The number of rotatable bonds is 1. The van der Waals surface area contributed by atoms with Crippen LogP contribution in [0.2, 0.25) is 0 Å². The van der Waals surface area contributed by atoms with Gasteiger partial charge in [0.05, 0.1) is 5.03 Å².